The third kappa shape index (κ3) is 1.50. The molecular formula is C11H13N3O2. The van der Waals surface area contributed by atoms with Crippen LogP contribution in [0.4, 0.5) is 0 Å². The molecule has 0 aliphatic carbocycles. The number of nitrogens with zero attached hydrogens (tertiary/aromatic N) is 1. The van der Waals surface area contributed by atoms with Gasteiger partial charge in [-0.15, -0.1) is 0 Å². The summed E-state index contributed by atoms with van der Waals surface area (Å²) in [7, 11) is 1.63. The minimum Gasteiger partial charge on any atom is -0.352 e. The van der Waals surface area contributed by atoms with Crippen molar-refractivity contribution in [1.29, 1.82) is 0 Å². The first kappa shape index (κ1) is 10.5. The van der Waals surface area contributed by atoms with Gasteiger partial charge in [0.2, 0.25) is 0 Å². The van der Waals surface area contributed by atoms with Gasteiger partial charge in [0.15, 0.2) is 0 Å². The van der Waals surface area contributed by atoms with Crippen molar-refractivity contribution in [3.8, 4) is 0 Å². The lowest BCUT2D eigenvalue weighted by atomic mass is 10.1. The van der Waals surface area contributed by atoms with E-state index in [0.29, 0.717) is 23.0 Å². The predicted molar refractivity (Wildman–Crippen MR) is 61.5 cm³/mol. The van der Waals surface area contributed by atoms with Crippen LogP contribution in [0.2, 0.25) is 0 Å². The summed E-state index contributed by atoms with van der Waals surface area (Å²) in [5.41, 5.74) is 0.911. The molecule has 1 amide bonds. The van der Waals surface area contributed by atoms with Crippen LogP contribution in [0.5, 0.6) is 0 Å². The van der Waals surface area contributed by atoms with E-state index in [9.17, 15) is 9.59 Å². The number of aromatic amines is 1. The van der Waals surface area contributed by atoms with Crippen LogP contribution in [0.3, 0.4) is 0 Å². The summed E-state index contributed by atoms with van der Waals surface area (Å²) in [6.07, 6.45) is 0. The number of rotatable bonds is 2. The van der Waals surface area contributed by atoms with Crippen LogP contribution < -0.4 is 10.9 Å². The molecule has 0 atom stereocenters. The second-order valence-electron chi connectivity index (χ2n) is 3.56. The Morgan fingerprint density at radius 3 is 2.94 bits per heavy atom. The average molecular weight is 219 g/mol. The van der Waals surface area contributed by atoms with E-state index in [1.54, 1.807) is 25.2 Å². The van der Waals surface area contributed by atoms with Crippen LogP contribution in [0.25, 0.3) is 10.9 Å². The Labute approximate surface area is 92.1 Å². The molecule has 0 unspecified atom stereocenters. The zero-order chi connectivity index (χ0) is 11.7. The number of fused-ring (bicyclic) bond motifs is 1. The van der Waals surface area contributed by atoms with E-state index >= 15 is 0 Å². The van der Waals surface area contributed by atoms with Gasteiger partial charge in [-0.25, -0.2) is 0 Å². The summed E-state index contributed by atoms with van der Waals surface area (Å²) in [6.45, 7) is 2.38. The molecule has 5 nitrogen and oxygen atoms in total. The summed E-state index contributed by atoms with van der Waals surface area (Å²) < 4.78 is 1.37. The maximum Gasteiger partial charge on any atom is 0.274 e. The normalized spacial score (nSPS) is 10.6. The van der Waals surface area contributed by atoms with E-state index in [4.69, 9.17) is 0 Å². The van der Waals surface area contributed by atoms with E-state index in [0.717, 1.165) is 0 Å². The van der Waals surface area contributed by atoms with Crippen LogP contribution in [-0.2, 0) is 7.05 Å². The molecule has 1 aromatic heterocycles. The van der Waals surface area contributed by atoms with Crippen molar-refractivity contribution >= 4 is 16.8 Å². The van der Waals surface area contributed by atoms with Crippen LogP contribution in [0, 0.1) is 0 Å². The molecule has 2 N–H and O–H groups in total. The van der Waals surface area contributed by atoms with Gasteiger partial charge >= 0.3 is 0 Å². The number of benzene rings is 1. The molecule has 0 spiro atoms. The molecule has 0 bridgehead atoms. The molecule has 0 aliphatic rings. The Hall–Kier alpha value is -2.04. The van der Waals surface area contributed by atoms with Gasteiger partial charge in [0.1, 0.15) is 0 Å². The van der Waals surface area contributed by atoms with Gasteiger partial charge in [0.05, 0.1) is 16.5 Å². The fourth-order valence-corrected chi connectivity index (χ4v) is 1.72. The van der Waals surface area contributed by atoms with Crippen LogP contribution >= 0.6 is 0 Å². The molecule has 1 aromatic carbocycles. The van der Waals surface area contributed by atoms with Gasteiger partial charge in [-0.1, -0.05) is 6.07 Å². The van der Waals surface area contributed by atoms with E-state index in [1.165, 1.54) is 4.68 Å². The number of aryl methyl sites for hydroxylation is 1. The van der Waals surface area contributed by atoms with Gasteiger partial charge in [-0.3, -0.25) is 19.4 Å². The summed E-state index contributed by atoms with van der Waals surface area (Å²) in [5, 5.41) is 6.02. The molecule has 84 valence electrons. The highest BCUT2D eigenvalue weighted by atomic mass is 16.2. The Balaban J connectivity index is 2.70. The fraction of sp³-hybridized carbons (Fsp3) is 0.273. The number of carbonyl (C=O) groups excluding carboxylic acids is 1. The number of hydrogen-bond acceptors (Lipinski definition) is 2. The average Bonchev–Trinajstić information content (AvgIpc) is 2.55. The van der Waals surface area contributed by atoms with Gasteiger partial charge in [0.25, 0.3) is 11.5 Å². The molecule has 1 heterocycles. The number of carbonyl (C=O) groups is 1. The molecule has 2 aromatic rings. The third-order valence-electron chi connectivity index (χ3n) is 2.45. The Morgan fingerprint density at radius 2 is 2.25 bits per heavy atom. The third-order valence-corrected chi connectivity index (χ3v) is 2.45. The van der Waals surface area contributed by atoms with Crippen molar-refractivity contribution in [2.45, 2.75) is 6.92 Å². The predicted octanol–water partition coefficient (Wildman–Crippen LogP) is 0.616. The van der Waals surface area contributed by atoms with Crippen LogP contribution in [-0.4, -0.2) is 22.2 Å². The van der Waals surface area contributed by atoms with Crippen molar-refractivity contribution in [1.82, 2.24) is 15.1 Å². The van der Waals surface area contributed by atoms with Crippen LogP contribution in [0.1, 0.15) is 17.3 Å². The minimum absolute atomic E-state index is 0.183. The second kappa shape index (κ2) is 3.84. The zero-order valence-corrected chi connectivity index (χ0v) is 9.20. The first-order valence-corrected chi connectivity index (χ1v) is 5.11. The number of aromatic nitrogens is 2. The maximum atomic E-state index is 11.8. The summed E-state index contributed by atoms with van der Waals surface area (Å²) >= 11 is 0. The maximum absolute atomic E-state index is 11.8. The number of H-pyrrole nitrogens is 1. The van der Waals surface area contributed by atoms with Crippen LogP contribution in [0.15, 0.2) is 23.0 Å². The quantitative estimate of drug-likeness (QED) is 0.777. The molecule has 0 saturated heterocycles. The summed E-state index contributed by atoms with van der Waals surface area (Å²) in [5.74, 6) is -0.218. The highest BCUT2D eigenvalue weighted by Gasteiger charge is 2.13. The highest BCUT2D eigenvalue weighted by Crippen LogP contribution is 2.12. The lowest BCUT2D eigenvalue weighted by Crippen LogP contribution is -2.24. The topological polar surface area (TPSA) is 66.9 Å². The molecule has 2 rings (SSSR count). The molecule has 0 radical (unpaired) electrons. The SMILES string of the molecule is CCNC(=O)c1cccc2[nH]n(C)c(=O)c12. The van der Waals surface area contributed by atoms with E-state index in [2.05, 4.69) is 10.4 Å². The van der Waals surface area contributed by atoms with E-state index in [1.807, 2.05) is 6.92 Å². The molecular weight excluding hydrogens is 206 g/mol. The summed E-state index contributed by atoms with van der Waals surface area (Å²) in [4.78, 5) is 23.6. The van der Waals surface area contributed by atoms with E-state index < -0.39 is 0 Å². The van der Waals surface area contributed by atoms with Crippen molar-refractivity contribution in [2.24, 2.45) is 7.05 Å². The van der Waals surface area contributed by atoms with Gasteiger partial charge in [-0.2, -0.15) is 0 Å². The lowest BCUT2D eigenvalue weighted by Gasteiger charge is -2.01. The first-order valence-electron chi connectivity index (χ1n) is 5.11. The second-order valence-corrected chi connectivity index (χ2v) is 3.56. The van der Waals surface area contributed by atoms with Crippen molar-refractivity contribution < 1.29 is 4.79 Å². The number of amides is 1. The smallest absolute Gasteiger partial charge is 0.274 e. The highest BCUT2D eigenvalue weighted by molar-refractivity contribution is 6.05. The summed E-state index contributed by atoms with van der Waals surface area (Å²) in [6, 6.07) is 5.19. The number of hydrogen-bond donors (Lipinski definition) is 2. The molecule has 5 heteroatoms. The lowest BCUT2D eigenvalue weighted by molar-refractivity contribution is 0.0957. The van der Waals surface area contributed by atoms with Crippen molar-refractivity contribution in [2.75, 3.05) is 6.54 Å². The minimum atomic E-state index is -0.218. The molecule has 0 saturated carbocycles. The van der Waals surface area contributed by atoms with Gasteiger partial charge in [-0.05, 0) is 19.1 Å². The zero-order valence-electron chi connectivity index (χ0n) is 9.20. The standard InChI is InChI=1S/C11H13N3O2/c1-3-12-10(15)7-5-4-6-8-9(7)11(16)14(2)13-8/h4-6,13H,3H2,1-2H3,(H,12,15). The largest absolute Gasteiger partial charge is 0.352 e. The molecule has 0 aliphatic heterocycles. The Morgan fingerprint density at radius 1 is 1.50 bits per heavy atom. The van der Waals surface area contributed by atoms with Crippen molar-refractivity contribution in [3.63, 3.8) is 0 Å². The monoisotopic (exact) mass is 219 g/mol. The van der Waals surface area contributed by atoms with Crippen molar-refractivity contribution in [3.05, 3.63) is 34.1 Å². The Kier molecular flexibility index (Phi) is 2.52. The van der Waals surface area contributed by atoms with Gasteiger partial charge in [0, 0.05) is 13.6 Å². The van der Waals surface area contributed by atoms with E-state index in [-0.39, 0.29) is 11.5 Å². The van der Waals surface area contributed by atoms with Gasteiger partial charge < -0.3 is 5.32 Å². The first-order chi connectivity index (χ1) is 7.65. The Bertz CT molecular complexity index is 595. The fourth-order valence-electron chi connectivity index (χ4n) is 1.72. The number of nitrogens with one attached hydrogen (secondary N) is 2. The molecule has 16 heavy (non-hydrogen) atoms. The molecule has 0 fully saturated rings.